The van der Waals surface area contributed by atoms with Crippen LogP contribution < -0.4 is 40.0 Å². The number of rotatable bonds is 5. The third-order valence-corrected chi connectivity index (χ3v) is 5.15. The molecule has 0 radical (unpaired) electrons. The van der Waals surface area contributed by atoms with E-state index in [2.05, 4.69) is 10.3 Å². The summed E-state index contributed by atoms with van der Waals surface area (Å²) in [5.74, 6) is -1.33. The molecule has 0 spiro atoms. The van der Waals surface area contributed by atoms with E-state index in [1.165, 1.54) is 11.8 Å². The van der Waals surface area contributed by atoms with E-state index in [0.29, 0.717) is 21.3 Å². The van der Waals surface area contributed by atoms with Gasteiger partial charge in [-0.25, -0.2) is 4.99 Å². The second-order valence-corrected chi connectivity index (χ2v) is 7.41. The minimum Gasteiger partial charge on any atom is -0.550 e. The summed E-state index contributed by atoms with van der Waals surface area (Å²) < 4.78 is 2.00. The van der Waals surface area contributed by atoms with Gasteiger partial charge in [0.1, 0.15) is 0 Å². The third-order valence-electron chi connectivity index (χ3n) is 4.24. The smallest absolute Gasteiger partial charge is 0.550 e. The van der Waals surface area contributed by atoms with Crippen LogP contribution in [0.2, 0.25) is 0 Å². The predicted molar refractivity (Wildman–Crippen MR) is 112 cm³/mol. The molecule has 30 heavy (non-hydrogen) atoms. The molecule has 8 heteroatoms. The van der Waals surface area contributed by atoms with Crippen molar-refractivity contribution in [2.45, 2.75) is 6.42 Å². The van der Waals surface area contributed by atoms with Crippen molar-refractivity contribution in [3.63, 3.8) is 0 Å². The molecule has 0 atom stereocenters. The molecule has 1 N–H and O–H groups in total. The first-order chi connectivity index (χ1) is 14.1. The molecule has 0 unspecified atom stereocenters. The molecule has 0 bridgehead atoms. The molecule has 1 aromatic heterocycles. The van der Waals surface area contributed by atoms with Crippen LogP contribution in [0.5, 0.6) is 0 Å². The molecule has 1 fully saturated rings. The number of thioether (sulfide) groups is 1. The number of amidine groups is 1. The number of aliphatic carboxylic acids is 1. The molecular formula is C22H16N3NaO3S. The Kier molecular flexibility index (Phi) is 7.33. The number of nitrogens with zero attached hydrogens (tertiary/aromatic N) is 2. The number of hydrogen-bond acceptors (Lipinski definition) is 5. The Balaban J connectivity index is 0.00000256. The van der Waals surface area contributed by atoms with Crippen LogP contribution in [-0.2, 0) is 16.0 Å². The summed E-state index contributed by atoms with van der Waals surface area (Å²) in [5.41, 5.74) is 3.20. The maximum absolute atomic E-state index is 12.3. The standard InChI is InChI=1S/C22H17N3O3S.Na/c26-20(27)14-15-6-8-17(9-7-15)23-22-24-21(28)19(29-22)13-16-4-3-5-18(12-16)25-10-1-2-11-25;/h1-13H,14H2,(H,26,27)(H,23,24,28);/q;+1/p-1. The molecule has 1 amide bonds. The van der Waals surface area contributed by atoms with Gasteiger partial charge in [-0.3, -0.25) is 4.79 Å². The van der Waals surface area contributed by atoms with E-state index in [9.17, 15) is 14.7 Å². The van der Waals surface area contributed by atoms with Crippen LogP contribution in [-0.4, -0.2) is 21.6 Å². The average Bonchev–Trinajstić information content (AvgIpc) is 3.34. The summed E-state index contributed by atoms with van der Waals surface area (Å²) in [4.78, 5) is 27.9. The van der Waals surface area contributed by atoms with Gasteiger partial charge in [0.25, 0.3) is 5.91 Å². The van der Waals surface area contributed by atoms with Gasteiger partial charge in [-0.1, -0.05) is 24.3 Å². The number of nitrogens with one attached hydrogen (secondary N) is 1. The van der Waals surface area contributed by atoms with E-state index in [1.54, 1.807) is 24.3 Å². The number of amides is 1. The largest absolute Gasteiger partial charge is 1.00 e. The minimum atomic E-state index is -1.13. The quantitative estimate of drug-likeness (QED) is 0.448. The summed E-state index contributed by atoms with van der Waals surface area (Å²) in [6, 6.07) is 18.6. The summed E-state index contributed by atoms with van der Waals surface area (Å²) in [6.45, 7) is 0. The zero-order valence-corrected chi connectivity index (χ0v) is 19.1. The van der Waals surface area contributed by atoms with E-state index >= 15 is 0 Å². The molecule has 6 nitrogen and oxygen atoms in total. The fourth-order valence-electron chi connectivity index (χ4n) is 2.89. The van der Waals surface area contributed by atoms with Gasteiger partial charge in [-0.05, 0) is 65.4 Å². The monoisotopic (exact) mass is 425 g/mol. The summed E-state index contributed by atoms with van der Waals surface area (Å²) in [5, 5.41) is 13.9. The van der Waals surface area contributed by atoms with Crippen molar-refractivity contribution in [1.29, 1.82) is 0 Å². The topological polar surface area (TPSA) is 86.5 Å². The Hall–Kier alpha value is -2.58. The molecule has 2 heterocycles. The maximum Gasteiger partial charge on any atom is 1.00 e. The second kappa shape index (κ2) is 9.95. The van der Waals surface area contributed by atoms with Crippen molar-refractivity contribution in [3.05, 3.63) is 89.1 Å². The van der Waals surface area contributed by atoms with Crippen molar-refractivity contribution in [3.8, 4) is 5.69 Å². The van der Waals surface area contributed by atoms with E-state index in [4.69, 9.17) is 0 Å². The first-order valence-corrected chi connectivity index (χ1v) is 9.70. The minimum absolute atomic E-state index is 0. The molecular weight excluding hydrogens is 409 g/mol. The molecule has 1 saturated heterocycles. The normalized spacial score (nSPS) is 15.8. The number of aliphatic imine (C=N–C) groups is 1. The first-order valence-electron chi connectivity index (χ1n) is 8.89. The van der Waals surface area contributed by atoms with Crippen LogP contribution in [0.15, 0.2) is 83.0 Å². The number of benzene rings is 2. The SMILES string of the molecule is O=C([O-])Cc1ccc(N=C2NC(=O)C(=Cc3cccc(-n4cccc4)c3)S2)cc1.[Na+]. The van der Waals surface area contributed by atoms with E-state index < -0.39 is 5.97 Å². The van der Waals surface area contributed by atoms with Gasteiger partial charge in [0.05, 0.1) is 10.6 Å². The maximum atomic E-state index is 12.3. The third kappa shape index (κ3) is 5.52. The molecule has 1 aliphatic heterocycles. The molecule has 0 saturated carbocycles. The Morgan fingerprint density at radius 2 is 1.83 bits per heavy atom. The van der Waals surface area contributed by atoms with Gasteiger partial charge in [0.2, 0.25) is 0 Å². The van der Waals surface area contributed by atoms with Gasteiger partial charge in [0.15, 0.2) is 5.17 Å². The fraction of sp³-hybridized carbons (Fsp3) is 0.0455. The van der Waals surface area contributed by atoms with Crippen LogP contribution >= 0.6 is 11.8 Å². The number of aromatic nitrogens is 1. The van der Waals surface area contributed by atoms with E-state index in [0.717, 1.165) is 11.3 Å². The van der Waals surface area contributed by atoms with E-state index in [1.807, 2.05) is 59.4 Å². The summed E-state index contributed by atoms with van der Waals surface area (Å²) in [7, 11) is 0. The number of hydrogen-bond donors (Lipinski definition) is 1. The van der Waals surface area contributed by atoms with Crippen LogP contribution in [0.4, 0.5) is 5.69 Å². The Morgan fingerprint density at radius 1 is 1.10 bits per heavy atom. The Labute approximate surface area is 200 Å². The number of carboxylic acid groups (broad SMARTS) is 1. The van der Waals surface area contributed by atoms with Gasteiger partial charge in [0, 0.05) is 30.5 Å². The van der Waals surface area contributed by atoms with Crippen molar-refractivity contribution in [2.75, 3.05) is 0 Å². The number of carbonyl (C=O) groups excluding carboxylic acids is 2. The number of carboxylic acids is 1. The van der Waals surface area contributed by atoms with Gasteiger partial charge in [-0.15, -0.1) is 0 Å². The van der Waals surface area contributed by atoms with Crippen LogP contribution in [0, 0.1) is 0 Å². The van der Waals surface area contributed by atoms with Crippen molar-refractivity contribution in [1.82, 2.24) is 9.88 Å². The van der Waals surface area contributed by atoms with Gasteiger partial charge < -0.3 is 19.8 Å². The first kappa shape index (κ1) is 22.1. The Morgan fingerprint density at radius 3 is 2.53 bits per heavy atom. The molecule has 4 rings (SSSR count). The molecule has 0 aliphatic carbocycles. The van der Waals surface area contributed by atoms with Gasteiger partial charge in [-0.2, -0.15) is 0 Å². The number of carbonyl (C=O) groups is 2. The van der Waals surface area contributed by atoms with Crippen molar-refractivity contribution >= 4 is 40.6 Å². The fourth-order valence-corrected chi connectivity index (χ4v) is 3.73. The second-order valence-electron chi connectivity index (χ2n) is 6.38. The summed E-state index contributed by atoms with van der Waals surface area (Å²) >= 11 is 1.27. The van der Waals surface area contributed by atoms with Crippen LogP contribution in [0.3, 0.4) is 0 Å². The molecule has 2 aromatic carbocycles. The van der Waals surface area contributed by atoms with Crippen LogP contribution in [0.25, 0.3) is 11.8 Å². The zero-order valence-electron chi connectivity index (χ0n) is 16.2. The average molecular weight is 425 g/mol. The van der Waals surface area contributed by atoms with E-state index in [-0.39, 0.29) is 41.9 Å². The van der Waals surface area contributed by atoms with Crippen molar-refractivity contribution < 1.29 is 44.3 Å². The molecule has 3 aromatic rings. The van der Waals surface area contributed by atoms with Gasteiger partial charge >= 0.3 is 29.6 Å². The Bertz CT molecular complexity index is 1120. The zero-order chi connectivity index (χ0) is 20.2. The predicted octanol–water partition coefficient (Wildman–Crippen LogP) is -0.335. The molecule has 1 aliphatic rings. The summed E-state index contributed by atoms with van der Waals surface area (Å²) in [6.07, 6.45) is 5.62. The molecule has 144 valence electrons. The van der Waals surface area contributed by atoms with Crippen LogP contribution in [0.1, 0.15) is 11.1 Å². The van der Waals surface area contributed by atoms with Crippen molar-refractivity contribution in [2.24, 2.45) is 4.99 Å².